The van der Waals surface area contributed by atoms with E-state index in [0.717, 1.165) is 13.2 Å². The van der Waals surface area contributed by atoms with E-state index in [4.69, 9.17) is 0 Å². The topological polar surface area (TPSA) is 35.5 Å². The fourth-order valence-corrected chi connectivity index (χ4v) is 1.25. The minimum atomic E-state index is -4.87. The molecule has 0 aromatic heterocycles. The summed E-state index contributed by atoms with van der Waals surface area (Å²) in [5, 5.41) is 0. The van der Waals surface area contributed by atoms with Crippen molar-refractivity contribution in [1.82, 2.24) is 0 Å². The summed E-state index contributed by atoms with van der Waals surface area (Å²) in [5.74, 6) is -1.53. The summed E-state index contributed by atoms with van der Waals surface area (Å²) in [6.07, 6.45) is -3.63. The Balaban J connectivity index is 3.29. The highest BCUT2D eigenvalue weighted by atomic mass is 19.4. The van der Waals surface area contributed by atoms with Gasteiger partial charge in [-0.05, 0) is 11.6 Å². The molecule has 0 aliphatic heterocycles. The van der Waals surface area contributed by atoms with Gasteiger partial charge in [0, 0.05) is 0 Å². The van der Waals surface area contributed by atoms with Crippen LogP contribution >= 0.6 is 0 Å². The van der Waals surface area contributed by atoms with E-state index < -0.39 is 18.1 Å². The van der Waals surface area contributed by atoms with Crippen LogP contribution in [0.25, 0.3) is 6.08 Å². The zero-order valence-electron chi connectivity index (χ0n) is 8.88. The number of methoxy groups -OCH3 is 1. The molecule has 0 bridgehead atoms. The van der Waals surface area contributed by atoms with Gasteiger partial charge in [-0.15, -0.1) is 13.2 Å². The van der Waals surface area contributed by atoms with E-state index in [9.17, 15) is 18.0 Å². The second kappa shape index (κ2) is 4.90. The van der Waals surface area contributed by atoms with Crippen molar-refractivity contribution in [2.75, 3.05) is 7.11 Å². The third-order valence-electron chi connectivity index (χ3n) is 1.89. The molecule has 0 fully saturated rings. The van der Waals surface area contributed by atoms with E-state index in [0.29, 0.717) is 0 Å². The van der Waals surface area contributed by atoms with Crippen molar-refractivity contribution in [1.29, 1.82) is 0 Å². The van der Waals surface area contributed by atoms with Crippen molar-refractivity contribution in [3.8, 4) is 5.75 Å². The van der Waals surface area contributed by atoms with Crippen LogP contribution in [0.15, 0.2) is 24.8 Å². The third-order valence-corrected chi connectivity index (χ3v) is 1.89. The van der Waals surface area contributed by atoms with Crippen LogP contribution in [0.3, 0.4) is 0 Å². The summed E-state index contributed by atoms with van der Waals surface area (Å²) in [6, 6.07) is 3.79. The average molecular weight is 246 g/mol. The third kappa shape index (κ3) is 3.24. The maximum atomic E-state index is 12.1. The number of ether oxygens (including phenoxy) is 2. The fourth-order valence-electron chi connectivity index (χ4n) is 1.25. The van der Waals surface area contributed by atoms with Gasteiger partial charge < -0.3 is 9.47 Å². The van der Waals surface area contributed by atoms with Crippen LogP contribution in [0, 0.1) is 0 Å². The highest BCUT2D eigenvalue weighted by Gasteiger charge is 2.33. The molecule has 0 saturated carbocycles. The number of alkyl halides is 3. The summed E-state index contributed by atoms with van der Waals surface area (Å²) < 4.78 is 44.5. The van der Waals surface area contributed by atoms with Crippen molar-refractivity contribution in [3.05, 3.63) is 35.9 Å². The van der Waals surface area contributed by atoms with Gasteiger partial charge >= 0.3 is 12.3 Å². The van der Waals surface area contributed by atoms with Crippen molar-refractivity contribution in [2.24, 2.45) is 0 Å². The molecular formula is C11H9F3O3. The Morgan fingerprint density at radius 3 is 2.53 bits per heavy atom. The molecule has 0 aliphatic carbocycles. The molecule has 1 aromatic rings. The average Bonchev–Trinajstić information content (AvgIpc) is 2.25. The minimum absolute atomic E-state index is 0.207. The Bertz CT molecular complexity index is 438. The molecule has 0 N–H and O–H groups in total. The number of hydrogen-bond donors (Lipinski definition) is 0. The van der Waals surface area contributed by atoms with Crippen molar-refractivity contribution in [2.45, 2.75) is 6.36 Å². The molecule has 6 heteroatoms. The van der Waals surface area contributed by atoms with E-state index in [-0.39, 0.29) is 11.1 Å². The molecular weight excluding hydrogens is 237 g/mol. The SMILES string of the molecule is C=Cc1cccc(OC(F)(F)F)c1C(=O)OC. The van der Waals surface area contributed by atoms with Gasteiger partial charge in [0.15, 0.2) is 0 Å². The summed E-state index contributed by atoms with van der Waals surface area (Å²) >= 11 is 0. The Kier molecular flexibility index (Phi) is 3.77. The van der Waals surface area contributed by atoms with Gasteiger partial charge in [0.05, 0.1) is 7.11 Å². The molecule has 0 amide bonds. The maximum absolute atomic E-state index is 12.1. The van der Waals surface area contributed by atoms with Crippen molar-refractivity contribution >= 4 is 12.0 Å². The lowest BCUT2D eigenvalue weighted by atomic mass is 10.1. The van der Waals surface area contributed by atoms with Crippen LogP contribution in [-0.4, -0.2) is 19.4 Å². The molecule has 1 rings (SSSR count). The van der Waals surface area contributed by atoms with Gasteiger partial charge in [0.25, 0.3) is 0 Å². The number of halogens is 3. The van der Waals surface area contributed by atoms with Crippen LogP contribution < -0.4 is 4.74 Å². The van der Waals surface area contributed by atoms with E-state index in [1.165, 1.54) is 18.2 Å². The van der Waals surface area contributed by atoms with E-state index >= 15 is 0 Å². The fraction of sp³-hybridized carbons (Fsp3) is 0.182. The van der Waals surface area contributed by atoms with Crippen LogP contribution in [0.4, 0.5) is 13.2 Å². The number of esters is 1. The van der Waals surface area contributed by atoms with Crippen LogP contribution in [0.5, 0.6) is 5.75 Å². The lowest BCUT2D eigenvalue weighted by Gasteiger charge is -2.13. The van der Waals surface area contributed by atoms with Gasteiger partial charge in [-0.3, -0.25) is 0 Å². The highest BCUT2D eigenvalue weighted by molar-refractivity contribution is 5.96. The summed E-state index contributed by atoms with van der Waals surface area (Å²) in [7, 11) is 1.07. The molecule has 1 aromatic carbocycles. The number of carbonyl (C=O) groups is 1. The molecule has 92 valence electrons. The molecule has 0 unspecified atom stereocenters. The van der Waals surface area contributed by atoms with E-state index in [2.05, 4.69) is 16.1 Å². The Morgan fingerprint density at radius 2 is 2.06 bits per heavy atom. The second-order valence-corrected chi connectivity index (χ2v) is 2.96. The van der Waals surface area contributed by atoms with Crippen molar-refractivity contribution < 1.29 is 27.4 Å². The summed E-state index contributed by atoms with van der Waals surface area (Å²) in [4.78, 5) is 11.4. The monoisotopic (exact) mass is 246 g/mol. The van der Waals surface area contributed by atoms with Gasteiger partial charge in [0.1, 0.15) is 11.3 Å². The number of carbonyl (C=O) groups excluding carboxylic acids is 1. The quantitative estimate of drug-likeness (QED) is 0.769. The Morgan fingerprint density at radius 1 is 1.41 bits per heavy atom. The number of benzene rings is 1. The zero-order chi connectivity index (χ0) is 13.1. The van der Waals surface area contributed by atoms with Crippen LogP contribution in [0.1, 0.15) is 15.9 Å². The molecule has 0 spiro atoms. The minimum Gasteiger partial charge on any atom is -0.465 e. The molecule has 17 heavy (non-hydrogen) atoms. The molecule has 0 saturated heterocycles. The Labute approximate surface area is 95.5 Å². The first-order valence-electron chi connectivity index (χ1n) is 4.48. The molecule has 0 heterocycles. The highest BCUT2D eigenvalue weighted by Crippen LogP contribution is 2.29. The first kappa shape index (κ1) is 13.1. The van der Waals surface area contributed by atoms with Gasteiger partial charge in [-0.2, -0.15) is 0 Å². The molecule has 3 nitrogen and oxygen atoms in total. The normalized spacial score (nSPS) is 10.8. The van der Waals surface area contributed by atoms with E-state index in [1.807, 2.05) is 0 Å². The van der Waals surface area contributed by atoms with Crippen LogP contribution in [0.2, 0.25) is 0 Å². The Hall–Kier alpha value is -1.98. The summed E-state index contributed by atoms with van der Waals surface area (Å²) in [5.41, 5.74) is -0.0964. The predicted octanol–water partition coefficient (Wildman–Crippen LogP) is 3.01. The molecule has 0 atom stereocenters. The smallest absolute Gasteiger partial charge is 0.465 e. The molecule has 0 aliphatic rings. The maximum Gasteiger partial charge on any atom is 0.573 e. The largest absolute Gasteiger partial charge is 0.573 e. The van der Waals surface area contributed by atoms with Gasteiger partial charge in [-0.1, -0.05) is 24.8 Å². The predicted molar refractivity (Wildman–Crippen MR) is 54.6 cm³/mol. The summed E-state index contributed by atoms with van der Waals surface area (Å²) in [6.45, 7) is 3.40. The molecule has 0 radical (unpaired) electrons. The lowest BCUT2D eigenvalue weighted by Crippen LogP contribution is -2.19. The number of rotatable bonds is 3. The first-order valence-corrected chi connectivity index (χ1v) is 4.48. The lowest BCUT2D eigenvalue weighted by molar-refractivity contribution is -0.274. The van der Waals surface area contributed by atoms with Gasteiger partial charge in [0.2, 0.25) is 0 Å². The van der Waals surface area contributed by atoms with Crippen LogP contribution in [-0.2, 0) is 4.74 Å². The van der Waals surface area contributed by atoms with Gasteiger partial charge in [-0.25, -0.2) is 4.79 Å². The van der Waals surface area contributed by atoms with Crippen molar-refractivity contribution in [3.63, 3.8) is 0 Å². The van der Waals surface area contributed by atoms with E-state index in [1.54, 1.807) is 0 Å². The second-order valence-electron chi connectivity index (χ2n) is 2.96. The number of hydrogen-bond acceptors (Lipinski definition) is 3. The standard InChI is InChI=1S/C11H9F3O3/c1-3-7-5-4-6-8(17-11(12,13)14)9(7)10(15)16-2/h3-6H,1H2,2H3. The first-order chi connectivity index (χ1) is 7.89. The zero-order valence-corrected chi connectivity index (χ0v) is 8.88.